The van der Waals surface area contributed by atoms with Crippen LogP contribution >= 0.6 is 22.9 Å². The molecular formula is C10H12ClN3S. The van der Waals surface area contributed by atoms with Crippen molar-refractivity contribution in [3.05, 3.63) is 17.3 Å². The van der Waals surface area contributed by atoms with Crippen molar-refractivity contribution < 1.29 is 0 Å². The van der Waals surface area contributed by atoms with Crippen molar-refractivity contribution in [1.82, 2.24) is 9.38 Å². The van der Waals surface area contributed by atoms with Crippen LogP contribution in [0.15, 0.2) is 11.6 Å². The lowest BCUT2D eigenvalue weighted by Crippen LogP contribution is -2.19. The molecule has 3 rings (SSSR count). The van der Waals surface area contributed by atoms with Crippen molar-refractivity contribution >= 4 is 33.7 Å². The molecule has 0 saturated carbocycles. The number of fused-ring (bicyclic) bond motifs is 1. The van der Waals surface area contributed by atoms with Crippen molar-refractivity contribution in [2.24, 2.45) is 0 Å². The van der Waals surface area contributed by atoms with E-state index in [-0.39, 0.29) is 0 Å². The molecule has 15 heavy (non-hydrogen) atoms. The number of halogens is 1. The summed E-state index contributed by atoms with van der Waals surface area (Å²) in [6.07, 6.45) is 4.59. The molecule has 0 bridgehead atoms. The average Bonchev–Trinajstić information content (AvgIpc) is 2.93. The fourth-order valence-electron chi connectivity index (χ4n) is 2.13. The number of alkyl halides is 1. The van der Waals surface area contributed by atoms with Gasteiger partial charge in [0.2, 0.25) is 0 Å². The van der Waals surface area contributed by atoms with E-state index >= 15 is 0 Å². The first-order valence-corrected chi connectivity index (χ1v) is 6.57. The minimum absolute atomic E-state index is 0.531. The van der Waals surface area contributed by atoms with E-state index in [4.69, 9.17) is 11.6 Å². The third-order valence-corrected chi connectivity index (χ3v) is 3.88. The average molecular weight is 242 g/mol. The SMILES string of the molecule is ClCc1c(N2CCCC2)nc2sccn12. The van der Waals surface area contributed by atoms with Gasteiger partial charge in [0.05, 0.1) is 11.6 Å². The van der Waals surface area contributed by atoms with Crippen LogP contribution in [0.5, 0.6) is 0 Å². The molecular weight excluding hydrogens is 230 g/mol. The molecule has 1 fully saturated rings. The minimum atomic E-state index is 0.531. The van der Waals surface area contributed by atoms with Gasteiger partial charge in [0.25, 0.3) is 0 Å². The van der Waals surface area contributed by atoms with Gasteiger partial charge in [-0.3, -0.25) is 4.40 Å². The van der Waals surface area contributed by atoms with Crippen LogP contribution in [-0.4, -0.2) is 22.5 Å². The summed E-state index contributed by atoms with van der Waals surface area (Å²) < 4.78 is 2.10. The third-order valence-electron chi connectivity index (χ3n) is 2.87. The van der Waals surface area contributed by atoms with Gasteiger partial charge in [-0.05, 0) is 12.8 Å². The van der Waals surface area contributed by atoms with Gasteiger partial charge in [0, 0.05) is 24.7 Å². The lowest BCUT2D eigenvalue weighted by molar-refractivity contribution is 0.932. The second kappa shape index (κ2) is 3.68. The minimum Gasteiger partial charge on any atom is -0.355 e. The van der Waals surface area contributed by atoms with Crippen LogP contribution in [0.1, 0.15) is 18.5 Å². The molecule has 0 atom stereocenters. The van der Waals surface area contributed by atoms with E-state index in [0.29, 0.717) is 5.88 Å². The zero-order chi connectivity index (χ0) is 10.3. The normalized spacial score (nSPS) is 16.7. The van der Waals surface area contributed by atoms with Crippen LogP contribution in [0, 0.1) is 0 Å². The Morgan fingerprint density at radius 2 is 2.20 bits per heavy atom. The first kappa shape index (κ1) is 9.48. The highest BCUT2D eigenvalue weighted by molar-refractivity contribution is 7.15. The van der Waals surface area contributed by atoms with Gasteiger partial charge in [-0.1, -0.05) is 0 Å². The second-order valence-corrected chi connectivity index (χ2v) is 4.91. The molecule has 0 radical (unpaired) electrons. The molecule has 0 amide bonds. The summed E-state index contributed by atoms with van der Waals surface area (Å²) in [6, 6.07) is 0. The lowest BCUT2D eigenvalue weighted by Gasteiger charge is -2.15. The maximum absolute atomic E-state index is 6.00. The van der Waals surface area contributed by atoms with Crippen LogP contribution in [0.3, 0.4) is 0 Å². The Morgan fingerprint density at radius 3 is 2.93 bits per heavy atom. The van der Waals surface area contributed by atoms with Gasteiger partial charge >= 0.3 is 0 Å². The van der Waals surface area contributed by atoms with Crippen LogP contribution in [0.4, 0.5) is 5.82 Å². The van der Waals surface area contributed by atoms with Crippen LogP contribution in [-0.2, 0) is 5.88 Å². The largest absolute Gasteiger partial charge is 0.355 e. The van der Waals surface area contributed by atoms with Gasteiger partial charge in [0.1, 0.15) is 0 Å². The lowest BCUT2D eigenvalue weighted by atomic mass is 10.4. The molecule has 0 unspecified atom stereocenters. The zero-order valence-corrected chi connectivity index (χ0v) is 9.89. The molecule has 2 aromatic rings. The molecule has 0 N–H and O–H groups in total. The molecule has 5 heteroatoms. The van der Waals surface area contributed by atoms with Crippen molar-refractivity contribution in [3.63, 3.8) is 0 Å². The summed E-state index contributed by atoms with van der Waals surface area (Å²) >= 11 is 7.67. The number of hydrogen-bond donors (Lipinski definition) is 0. The van der Waals surface area contributed by atoms with Gasteiger partial charge in [-0.15, -0.1) is 22.9 Å². The Labute approximate surface area is 97.3 Å². The molecule has 0 aliphatic carbocycles. The molecule has 3 heterocycles. The first-order chi connectivity index (χ1) is 7.40. The second-order valence-electron chi connectivity index (χ2n) is 3.77. The highest BCUT2D eigenvalue weighted by atomic mass is 35.5. The van der Waals surface area contributed by atoms with E-state index in [1.54, 1.807) is 11.3 Å². The van der Waals surface area contributed by atoms with Gasteiger partial charge in [-0.2, -0.15) is 0 Å². The fraction of sp³-hybridized carbons (Fsp3) is 0.500. The number of thiazole rings is 1. The molecule has 0 aromatic carbocycles. The predicted molar refractivity (Wildman–Crippen MR) is 64.1 cm³/mol. The number of aromatic nitrogens is 2. The molecule has 0 spiro atoms. The quantitative estimate of drug-likeness (QED) is 0.754. The Bertz CT molecular complexity index is 470. The summed E-state index contributed by atoms with van der Waals surface area (Å²) in [7, 11) is 0. The summed E-state index contributed by atoms with van der Waals surface area (Å²) in [5.74, 6) is 1.62. The Kier molecular flexibility index (Phi) is 2.33. The number of imidazole rings is 1. The van der Waals surface area contributed by atoms with Crippen LogP contribution in [0.25, 0.3) is 4.96 Å². The molecule has 80 valence electrons. The van der Waals surface area contributed by atoms with Crippen molar-refractivity contribution in [3.8, 4) is 0 Å². The molecule has 3 nitrogen and oxygen atoms in total. The van der Waals surface area contributed by atoms with Crippen molar-refractivity contribution in [2.75, 3.05) is 18.0 Å². The Balaban J connectivity index is 2.11. The van der Waals surface area contributed by atoms with Gasteiger partial charge < -0.3 is 4.90 Å². The summed E-state index contributed by atoms with van der Waals surface area (Å²) in [5, 5.41) is 2.05. The Hall–Kier alpha value is -0.740. The van der Waals surface area contributed by atoms with Gasteiger partial charge in [-0.25, -0.2) is 4.98 Å². The van der Waals surface area contributed by atoms with Crippen LogP contribution < -0.4 is 4.90 Å². The maximum Gasteiger partial charge on any atom is 0.195 e. The number of hydrogen-bond acceptors (Lipinski definition) is 3. The molecule has 1 aliphatic heterocycles. The first-order valence-electron chi connectivity index (χ1n) is 5.15. The number of rotatable bonds is 2. The van der Waals surface area contributed by atoms with Crippen LogP contribution in [0.2, 0.25) is 0 Å². The summed E-state index contributed by atoms with van der Waals surface area (Å²) in [6.45, 7) is 2.24. The van der Waals surface area contributed by atoms with E-state index in [1.807, 2.05) is 11.6 Å². The molecule has 2 aromatic heterocycles. The smallest absolute Gasteiger partial charge is 0.195 e. The van der Waals surface area contributed by atoms with E-state index in [2.05, 4.69) is 14.3 Å². The van der Waals surface area contributed by atoms with E-state index in [1.165, 1.54) is 12.8 Å². The topological polar surface area (TPSA) is 20.5 Å². The van der Waals surface area contributed by atoms with Gasteiger partial charge in [0.15, 0.2) is 10.8 Å². The van der Waals surface area contributed by atoms with E-state index in [9.17, 15) is 0 Å². The molecule has 1 saturated heterocycles. The number of anilines is 1. The predicted octanol–water partition coefficient (Wildman–Crippen LogP) is 2.73. The standard InChI is InChI=1S/C10H12ClN3S/c11-7-8-9(13-3-1-2-4-13)12-10-14(8)5-6-15-10/h5-6H,1-4,7H2. The van der Waals surface area contributed by atoms with E-state index in [0.717, 1.165) is 29.6 Å². The summed E-state index contributed by atoms with van der Waals surface area (Å²) in [4.78, 5) is 8.04. The highest BCUT2D eigenvalue weighted by Gasteiger charge is 2.20. The third kappa shape index (κ3) is 1.43. The van der Waals surface area contributed by atoms with Crippen molar-refractivity contribution in [2.45, 2.75) is 18.7 Å². The summed E-state index contributed by atoms with van der Waals surface area (Å²) in [5.41, 5.74) is 1.13. The number of nitrogens with zero attached hydrogens (tertiary/aromatic N) is 3. The van der Waals surface area contributed by atoms with Crippen molar-refractivity contribution in [1.29, 1.82) is 0 Å². The van der Waals surface area contributed by atoms with E-state index < -0.39 is 0 Å². The monoisotopic (exact) mass is 241 g/mol. The maximum atomic E-state index is 6.00. The highest BCUT2D eigenvalue weighted by Crippen LogP contribution is 2.28. The Morgan fingerprint density at radius 1 is 1.40 bits per heavy atom. The molecule has 1 aliphatic rings. The fourth-order valence-corrected chi connectivity index (χ4v) is 3.10. The zero-order valence-electron chi connectivity index (χ0n) is 8.32.